The monoisotopic (exact) mass is 312 g/mol. The molecule has 0 saturated carbocycles. The van der Waals surface area contributed by atoms with Crippen molar-refractivity contribution in [2.24, 2.45) is 0 Å². The molecule has 3 rings (SSSR count). The minimum atomic E-state index is -0.241. The average molecular weight is 312 g/mol. The van der Waals surface area contributed by atoms with Crippen molar-refractivity contribution in [1.82, 2.24) is 20.0 Å². The number of aromatic nitrogens is 4. The van der Waals surface area contributed by atoms with Gasteiger partial charge in [-0.25, -0.2) is 4.98 Å². The molecule has 23 heavy (non-hydrogen) atoms. The molecule has 0 aliphatic carbocycles. The summed E-state index contributed by atoms with van der Waals surface area (Å²) in [6.45, 7) is 6.14. The fourth-order valence-electron chi connectivity index (χ4n) is 2.54. The summed E-state index contributed by atoms with van der Waals surface area (Å²) in [6, 6.07) is 7.35. The molecule has 0 spiro atoms. The number of benzene rings is 1. The smallest absolute Gasteiger partial charge is 0.202 e. The molecule has 0 fully saturated rings. The maximum Gasteiger partial charge on any atom is 0.202 e. The summed E-state index contributed by atoms with van der Waals surface area (Å²) < 4.78 is 0. The number of hydrogen-bond acceptors (Lipinski definition) is 5. The van der Waals surface area contributed by atoms with Crippen molar-refractivity contribution in [3.63, 3.8) is 0 Å². The van der Waals surface area contributed by atoms with E-state index in [2.05, 4.69) is 15.2 Å². The summed E-state index contributed by atoms with van der Waals surface area (Å²) in [5.74, 6) is 0.152. The Morgan fingerprint density at radius 1 is 1.17 bits per heavy atom. The number of nitrogens with zero attached hydrogens (tertiary/aromatic N) is 4. The zero-order valence-corrected chi connectivity index (χ0v) is 13.5. The highest BCUT2D eigenvalue weighted by Crippen LogP contribution is 2.36. The van der Waals surface area contributed by atoms with Gasteiger partial charge in [-0.3, -0.25) is 0 Å². The summed E-state index contributed by atoms with van der Waals surface area (Å²) in [4.78, 5) is 5.58. The van der Waals surface area contributed by atoms with E-state index in [1.807, 2.05) is 32.9 Å². The molecule has 0 aliphatic heterocycles. The van der Waals surface area contributed by atoms with E-state index in [1.165, 1.54) is 4.80 Å². The number of hydrogen-bond donors (Lipinski definition) is 2. The van der Waals surface area contributed by atoms with Gasteiger partial charge in [-0.05, 0) is 35.6 Å². The van der Waals surface area contributed by atoms with Crippen LogP contribution in [-0.4, -0.2) is 36.8 Å². The van der Waals surface area contributed by atoms with Crippen LogP contribution in [0.2, 0.25) is 0 Å². The second kappa shape index (κ2) is 5.62. The van der Waals surface area contributed by atoms with E-state index in [9.17, 15) is 10.2 Å². The predicted octanol–water partition coefficient (Wildman–Crippen LogP) is 2.35. The number of aromatic hydroxyl groups is 1. The number of aliphatic hydroxyl groups is 1. The molecule has 0 unspecified atom stereocenters. The lowest BCUT2D eigenvalue weighted by Crippen LogP contribution is -2.14. The molecule has 6 heteroatoms. The Morgan fingerprint density at radius 2 is 1.96 bits per heavy atom. The molecule has 0 amide bonds. The molecule has 6 nitrogen and oxygen atoms in total. The second-order valence-corrected chi connectivity index (χ2v) is 6.57. The van der Waals surface area contributed by atoms with Crippen molar-refractivity contribution in [3.05, 3.63) is 41.6 Å². The van der Waals surface area contributed by atoms with Gasteiger partial charge in [0, 0.05) is 18.4 Å². The van der Waals surface area contributed by atoms with Crippen molar-refractivity contribution in [3.8, 4) is 11.4 Å². The molecule has 0 radical (unpaired) electrons. The van der Waals surface area contributed by atoms with Gasteiger partial charge in [0.15, 0.2) is 0 Å². The molecular weight excluding hydrogens is 292 g/mol. The lowest BCUT2D eigenvalue weighted by atomic mass is 9.84. The summed E-state index contributed by atoms with van der Waals surface area (Å²) in [7, 11) is 0. The molecule has 0 saturated heterocycles. The van der Waals surface area contributed by atoms with E-state index in [-0.39, 0.29) is 17.8 Å². The van der Waals surface area contributed by atoms with Crippen LogP contribution >= 0.6 is 0 Å². The van der Waals surface area contributed by atoms with Gasteiger partial charge in [0.25, 0.3) is 0 Å². The number of pyridine rings is 1. The lowest BCUT2D eigenvalue weighted by Gasteiger charge is -2.23. The first-order valence-electron chi connectivity index (χ1n) is 7.56. The molecule has 3 aromatic rings. The van der Waals surface area contributed by atoms with Gasteiger partial charge < -0.3 is 10.2 Å². The molecule has 2 heterocycles. The maximum atomic E-state index is 10.7. The van der Waals surface area contributed by atoms with Crippen LogP contribution in [-0.2, 0) is 11.8 Å². The molecule has 0 bridgehead atoms. The van der Waals surface area contributed by atoms with Gasteiger partial charge in [0.2, 0.25) is 5.65 Å². The van der Waals surface area contributed by atoms with Crippen LogP contribution < -0.4 is 0 Å². The summed E-state index contributed by atoms with van der Waals surface area (Å²) in [5.41, 5.74) is 3.18. The van der Waals surface area contributed by atoms with Gasteiger partial charge in [-0.1, -0.05) is 26.8 Å². The fraction of sp³-hybridized carbons (Fsp3) is 0.353. The standard InChI is InChI=1S/C17H20N4O2/c1-17(2,3)12-9-11(6-8-22)10-14(15(12)23)21-19-13-5-4-7-18-16(13)20-21/h4-5,7,9-10,22-23H,6,8H2,1-3H3. The summed E-state index contributed by atoms with van der Waals surface area (Å²) in [6.07, 6.45) is 2.17. The Labute approximate surface area is 134 Å². The van der Waals surface area contributed by atoms with E-state index in [0.717, 1.165) is 11.1 Å². The van der Waals surface area contributed by atoms with Gasteiger partial charge in [0.05, 0.1) is 0 Å². The molecular formula is C17H20N4O2. The average Bonchev–Trinajstić information content (AvgIpc) is 2.91. The van der Waals surface area contributed by atoms with Gasteiger partial charge in [0.1, 0.15) is 17.0 Å². The van der Waals surface area contributed by atoms with Crippen LogP contribution in [0.3, 0.4) is 0 Å². The quantitative estimate of drug-likeness (QED) is 0.775. The highest BCUT2D eigenvalue weighted by Gasteiger charge is 2.23. The Morgan fingerprint density at radius 3 is 2.61 bits per heavy atom. The van der Waals surface area contributed by atoms with Crippen LogP contribution in [0.4, 0.5) is 0 Å². The number of phenolic OH excluding ortho intramolecular Hbond substituents is 1. The fourth-order valence-corrected chi connectivity index (χ4v) is 2.54. The van der Waals surface area contributed by atoms with Crippen LogP contribution in [0.15, 0.2) is 30.5 Å². The predicted molar refractivity (Wildman–Crippen MR) is 87.8 cm³/mol. The molecule has 0 atom stereocenters. The first kappa shape index (κ1) is 15.4. The molecule has 120 valence electrons. The molecule has 0 aliphatic rings. The van der Waals surface area contributed by atoms with E-state index in [0.29, 0.717) is 23.3 Å². The Bertz CT molecular complexity index is 816. The SMILES string of the molecule is CC(C)(C)c1cc(CCO)cc(-n2nc3cccnc3n2)c1O. The van der Waals surface area contributed by atoms with Crippen LogP contribution in [0.5, 0.6) is 5.75 Å². The van der Waals surface area contributed by atoms with Crippen molar-refractivity contribution in [2.45, 2.75) is 32.6 Å². The van der Waals surface area contributed by atoms with Crippen molar-refractivity contribution in [2.75, 3.05) is 6.61 Å². The molecule has 1 aromatic carbocycles. The van der Waals surface area contributed by atoms with Crippen molar-refractivity contribution < 1.29 is 10.2 Å². The van der Waals surface area contributed by atoms with Gasteiger partial charge in [-0.2, -0.15) is 0 Å². The topological polar surface area (TPSA) is 84.1 Å². The number of phenols is 1. The first-order chi connectivity index (χ1) is 10.9. The third-order valence-corrected chi connectivity index (χ3v) is 3.73. The minimum absolute atomic E-state index is 0.0455. The zero-order chi connectivity index (χ0) is 16.6. The first-order valence-corrected chi connectivity index (χ1v) is 7.56. The van der Waals surface area contributed by atoms with Crippen molar-refractivity contribution >= 4 is 11.2 Å². The Kier molecular flexibility index (Phi) is 3.77. The van der Waals surface area contributed by atoms with Crippen molar-refractivity contribution in [1.29, 1.82) is 0 Å². The maximum absolute atomic E-state index is 10.7. The summed E-state index contributed by atoms with van der Waals surface area (Å²) >= 11 is 0. The van der Waals surface area contributed by atoms with Gasteiger partial charge in [-0.15, -0.1) is 15.0 Å². The van der Waals surface area contributed by atoms with Crippen LogP contribution in [0, 0.1) is 0 Å². The van der Waals surface area contributed by atoms with Gasteiger partial charge >= 0.3 is 0 Å². The normalized spacial score (nSPS) is 12.0. The summed E-state index contributed by atoms with van der Waals surface area (Å²) in [5, 5.41) is 28.7. The third-order valence-electron chi connectivity index (χ3n) is 3.73. The van der Waals surface area contributed by atoms with Crippen LogP contribution in [0.1, 0.15) is 31.9 Å². The molecule has 2 aromatic heterocycles. The largest absolute Gasteiger partial charge is 0.505 e. The van der Waals surface area contributed by atoms with E-state index < -0.39 is 0 Å². The third kappa shape index (κ3) is 2.90. The number of fused-ring (bicyclic) bond motifs is 1. The van der Waals surface area contributed by atoms with E-state index in [1.54, 1.807) is 18.3 Å². The highest BCUT2D eigenvalue weighted by atomic mass is 16.3. The van der Waals surface area contributed by atoms with E-state index >= 15 is 0 Å². The van der Waals surface area contributed by atoms with E-state index in [4.69, 9.17) is 0 Å². The Balaban J connectivity index is 2.22. The number of aliphatic hydroxyl groups excluding tert-OH is 1. The zero-order valence-electron chi connectivity index (χ0n) is 13.5. The highest BCUT2D eigenvalue weighted by molar-refractivity contribution is 5.69. The minimum Gasteiger partial charge on any atom is -0.505 e. The molecule has 2 N–H and O–H groups in total. The lowest BCUT2D eigenvalue weighted by molar-refractivity contribution is 0.299. The second-order valence-electron chi connectivity index (χ2n) is 6.57. The number of rotatable bonds is 3. The Hall–Kier alpha value is -2.47. The van der Waals surface area contributed by atoms with Crippen LogP contribution in [0.25, 0.3) is 16.9 Å².